The van der Waals surface area contributed by atoms with Gasteiger partial charge in [0.1, 0.15) is 0 Å². The van der Waals surface area contributed by atoms with Crippen LogP contribution in [0.2, 0.25) is 0 Å². The molecule has 7 heteroatoms. The van der Waals surface area contributed by atoms with Crippen LogP contribution < -0.4 is 24.5 Å². The summed E-state index contributed by atoms with van der Waals surface area (Å²) in [5.74, 6) is 1.65. The Kier molecular flexibility index (Phi) is 14.3. The Morgan fingerprint density at radius 1 is 0.825 bits per heavy atom. The van der Waals surface area contributed by atoms with Gasteiger partial charge in [0.15, 0.2) is 11.5 Å². The molecule has 2 aromatic rings. The summed E-state index contributed by atoms with van der Waals surface area (Å²) in [6, 6.07) is 14.1. The molecule has 0 saturated carbocycles. The molecule has 3 rings (SSSR count). The van der Waals surface area contributed by atoms with Crippen molar-refractivity contribution in [2.45, 2.75) is 71.1 Å². The Bertz CT molecular complexity index is 995. The number of ether oxygens (including phenoxy) is 3. The van der Waals surface area contributed by atoms with Crippen LogP contribution in [0.1, 0.15) is 76.7 Å². The van der Waals surface area contributed by atoms with E-state index in [1.165, 1.54) is 57.1 Å². The van der Waals surface area contributed by atoms with Gasteiger partial charge in [0.2, 0.25) is 5.75 Å². The second-order valence-corrected chi connectivity index (χ2v) is 10.4. The maximum absolute atomic E-state index is 12.6. The molecule has 1 fully saturated rings. The lowest BCUT2D eigenvalue weighted by Crippen LogP contribution is -2.53. The van der Waals surface area contributed by atoms with Crippen LogP contribution in [0.15, 0.2) is 48.5 Å². The summed E-state index contributed by atoms with van der Waals surface area (Å²) in [6.45, 7) is 6.14. The van der Waals surface area contributed by atoms with Crippen molar-refractivity contribution in [3.63, 3.8) is 0 Å². The molecule has 0 radical (unpaired) electrons. The van der Waals surface area contributed by atoms with Gasteiger partial charge in [0.05, 0.1) is 20.8 Å². The number of piperazine rings is 1. The molecule has 0 bridgehead atoms. The summed E-state index contributed by atoms with van der Waals surface area (Å²) in [7, 11) is 3.24. The van der Waals surface area contributed by atoms with Gasteiger partial charge in [0.25, 0.3) is 5.91 Å². The molecule has 40 heavy (non-hydrogen) atoms. The maximum Gasteiger partial charge on any atom is 0.258 e. The van der Waals surface area contributed by atoms with Crippen LogP contribution in [-0.2, 0) is 4.79 Å². The van der Waals surface area contributed by atoms with Crippen LogP contribution >= 0.6 is 0 Å². The fourth-order valence-electron chi connectivity index (χ4n) is 4.98. The van der Waals surface area contributed by atoms with E-state index in [4.69, 9.17) is 14.2 Å². The van der Waals surface area contributed by atoms with Crippen molar-refractivity contribution in [2.75, 3.05) is 51.9 Å². The molecule has 7 nitrogen and oxygen atoms in total. The van der Waals surface area contributed by atoms with Gasteiger partial charge in [0, 0.05) is 37.9 Å². The molecule has 0 spiro atoms. The SMILES string of the molecule is CCCCCCCCCCCCOc1c(OC)cc(/C=C/C(=O)NN2CCN(c3ccccc3)CC2)cc1OC. The van der Waals surface area contributed by atoms with Crippen molar-refractivity contribution in [3.05, 3.63) is 54.1 Å². The van der Waals surface area contributed by atoms with Crippen LogP contribution in [0.5, 0.6) is 17.2 Å². The summed E-state index contributed by atoms with van der Waals surface area (Å²) in [4.78, 5) is 14.9. The van der Waals surface area contributed by atoms with E-state index in [0.29, 0.717) is 23.9 Å². The number of hydrogen-bond donors (Lipinski definition) is 1. The van der Waals surface area contributed by atoms with E-state index in [2.05, 4.69) is 41.5 Å². The van der Waals surface area contributed by atoms with Gasteiger partial charge >= 0.3 is 0 Å². The van der Waals surface area contributed by atoms with Crippen LogP contribution in [0.25, 0.3) is 6.08 Å². The number of carbonyl (C=O) groups excluding carboxylic acids is 1. The number of rotatable bonds is 18. The van der Waals surface area contributed by atoms with E-state index in [-0.39, 0.29) is 5.91 Å². The van der Waals surface area contributed by atoms with Crippen molar-refractivity contribution in [3.8, 4) is 17.2 Å². The number of amides is 1. The van der Waals surface area contributed by atoms with Gasteiger partial charge in [-0.25, -0.2) is 5.01 Å². The molecule has 0 aliphatic carbocycles. The average Bonchev–Trinajstić information content (AvgIpc) is 2.99. The van der Waals surface area contributed by atoms with Crippen LogP contribution in [0.3, 0.4) is 0 Å². The third-order valence-corrected chi connectivity index (χ3v) is 7.32. The summed E-state index contributed by atoms with van der Waals surface area (Å²) < 4.78 is 17.3. The summed E-state index contributed by atoms with van der Waals surface area (Å²) in [5, 5.41) is 1.97. The van der Waals surface area contributed by atoms with Gasteiger partial charge < -0.3 is 19.1 Å². The molecule has 1 N–H and O–H groups in total. The molecule has 1 aliphatic rings. The number of nitrogens with zero attached hydrogens (tertiary/aromatic N) is 2. The number of hydrogen-bond acceptors (Lipinski definition) is 6. The first kappa shape index (κ1) is 31.3. The first-order valence-electron chi connectivity index (χ1n) is 15.1. The van der Waals surface area contributed by atoms with E-state index in [9.17, 15) is 4.79 Å². The number of para-hydroxylation sites is 1. The fourth-order valence-corrected chi connectivity index (χ4v) is 4.98. The van der Waals surface area contributed by atoms with Gasteiger partial charge in [-0.1, -0.05) is 82.9 Å². The van der Waals surface area contributed by atoms with E-state index in [1.807, 2.05) is 23.2 Å². The molecule has 1 aliphatic heterocycles. The first-order valence-corrected chi connectivity index (χ1v) is 15.1. The highest BCUT2D eigenvalue weighted by Gasteiger charge is 2.18. The number of carbonyl (C=O) groups is 1. The zero-order valence-corrected chi connectivity index (χ0v) is 24.8. The lowest BCUT2D eigenvalue weighted by molar-refractivity contribution is -0.121. The minimum Gasteiger partial charge on any atom is -0.493 e. The van der Waals surface area contributed by atoms with Crippen molar-refractivity contribution >= 4 is 17.7 Å². The van der Waals surface area contributed by atoms with Gasteiger partial charge in [-0.15, -0.1) is 0 Å². The summed E-state index contributed by atoms with van der Waals surface area (Å²) >= 11 is 0. The zero-order chi connectivity index (χ0) is 28.4. The highest BCUT2D eigenvalue weighted by atomic mass is 16.5. The van der Waals surface area contributed by atoms with Gasteiger partial charge in [-0.05, 0) is 42.3 Å². The van der Waals surface area contributed by atoms with Crippen LogP contribution in [0, 0.1) is 0 Å². The Hall–Kier alpha value is -3.19. The third kappa shape index (κ3) is 10.8. The fraction of sp³-hybridized carbons (Fsp3) is 0.545. The zero-order valence-electron chi connectivity index (χ0n) is 24.8. The molecule has 1 saturated heterocycles. The number of methoxy groups -OCH3 is 2. The first-order chi connectivity index (χ1) is 19.6. The van der Waals surface area contributed by atoms with Gasteiger partial charge in [-0.3, -0.25) is 10.2 Å². The van der Waals surface area contributed by atoms with E-state index in [0.717, 1.165) is 44.6 Å². The predicted octanol–water partition coefficient (Wildman–Crippen LogP) is 6.87. The molecule has 0 atom stereocenters. The van der Waals surface area contributed by atoms with Crippen molar-refractivity contribution in [1.82, 2.24) is 10.4 Å². The average molecular weight is 552 g/mol. The topological polar surface area (TPSA) is 63.3 Å². The lowest BCUT2D eigenvalue weighted by Gasteiger charge is -2.35. The van der Waals surface area contributed by atoms with Crippen LogP contribution in [-0.4, -0.2) is 57.9 Å². The number of anilines is 1. The number of nitrogens with one attached hydrogen (secondary N) is 1. The molecule has 2 aromatic carbocycles. The molecule has 220 valence electrons. The number of hydrazine groups is 1. The van der Waals surface area contributed by atoms with E-state index in [1.54, 1.807) is 26.4 Å². The molecular weight excluding hydrogens is 502 g/mol. The van der Waals surface area contributed by atoms with Crippen molar-refractivity contribution < 1.29 is 19.0 Å². The van der Waals surface area contributed by atoms with Gasteiger partial charge in [-0.2, -0.15) is 0 Å². The second-order valence-electron chi connectivity index (χ2n) is 10.4. The Labute approximate surface area is 241 Å². The minimum absolute atomic E-state index is 0.160. The molecule has 1 amide bonds. The highest BCUT2D eigenvalue weighted by Crippen LogP contribution is 2.39. The van der Waals surface area contributed by atoms with E-state index < -0.39 is 0 Å². The normalized spacial score (nSPS) is 13.9. The Balaban J connectivity index is 1.41. The van der Waals surface area contributed by atoms with Crippen molar-refractivity contribution in [1.29, 1.82) is 0 Å². The number of unbranched alkanes of at least 4 members (excludes halogenated alkanes) is 9. The monoisotopic (exact) mass is 551 g/mol. The molecular formula is C33H49N3O4. The van der Waals surface area contributed by atoms with E-state index >= 15 is 0 Å². The molecule has 0 aromatic heterocycles. The maximum atomic E-state index is 12.6. The summed E-state index contributed by atoms with van der Waals surface area (Å²) in [5.41, 5.74) is 5.01. The predicted molar refractivity (Wildman–Crippen MR) is 164 cm³/mol. The standard InChI is InChI=1S/C33H49N3O4/c1-4-5-6-7-8-9-10-11-12-16-25-40-33-30(38-2)26-28(27-31(33)39-3)19-20-32(37)34-36-23-21-35(22-24-36)29-17-14-13-15-18-29/h13-15,17-20,26-27H,4-12,16,21-25H2,1-3H3,(H,34,37)/b20-19+. The smallest absolute Gasteiger partial charge is 0.258 e. The molecule has 1 heterocycles. The third-order valence-electron chi connectivity index (χ3n) is 7.32. The van der Waals surface area contributed by atoms with Crippen LogP contribution in [0.4, 0.5) is 5.69 Å². The lowest BCUT2D eigenvalue weighted by atomic mass is 10.1. The Morgan fingerprint density at radius 2 is 1.40 bits per heavy atom. The van der Waals surface area contributed by atoms with Crippen molar-refractivity contribution in [2.24, 2.45) is 0 Å². The molecule has 0 unspecified atom stereocenters. The highest BCUT2D eigenvalue weighted by molar-refractivity contribution is 5.91. The largest absolute Gasteiger partial charge is 0.493 e. The second kappa shape index (κ2) is 18.2. The minimum atomic E-state index is -0.160. The quantitative estimate of drug-likeness (QED) is 0.161. The summed E-state index contributed by atoms with van der Waals surface area (Å²) in [6.07, 6.45) is 16.2. The number of benzene rings is 2. The Morgan fingerprint density at radius 3 is 1.98 bits per heavy atom.